The predicted octanol–water partition coefficient (Wildman–Crippen LogP) is 2.63. The van der Waals surface area contributed by atoms with Crippen molar-refractivity contribution in [3.05, 3.63) is 29.3 Å². The van der Waals surface area contributed by atoms with Gasteiger partial charge in [0.2, 0.25) is 0 Å². The minimum absolute atomic E-state index is 0.160. The van der Waals surface area contributed by atoms with E-state index in [0.29, 0.717) is 6.54 Å². The third kappa shape index (κ3) is 5.14. The summed E-state index contributed by atoms with van der Waals surface area (Å²) in [7, 11) is 0. The zero-order chi connectivity index (χ0) is 15.1. The molecule has 0 bridgehead atoms. The maximum Gasteiger partial charge on any atom is 0.176 e. The topological polar surface area (TPSA) is 50.4 Å². The molecule has 2 N–H and O–H groups in total. The van der Waals surface area contributed by atoms with Crippen molar-refractivity contribution in [3.63, 3.8) is 0 Å². The molecule has 21 heavy (non-hydrogen) atoms. The minimum atomic E-state index is 0.160. The Morgan fingerprint density at radius 3 is 3.10 bits per heavy atom. The van der Waals surface area contributed by atoms with Crippen LogP contribution in [0, 0.1) is 0 Å². The summed E-state index contributed by atoms with van der Waals surface area (Å²) >= 11 is 0. The van der Waals surface area contributed by atoms with Crippen LogP contribution in [0.3, 0.4) is 0 Å². The normalized spacial score (nSPS) is 13.9. The molecule has 1 aliphatic heterocycles. The Morgan fingerprint density at radius 1 is 1.43 bits per heavy atom. The molecule has 0 atom stereocenters. The van der Waals surface area contributed by atoms with E-state index in [9.17, 15) is 4.79 Å². The lowest BCUT2D eigenvalue weighted by Gasteiger charge is -2.18. The fraction of sp³-hybridized carbons (Fsp3) is 0.588. The molecule has 1 aromatic carbocycles. The first-order valence-corrected chi connectivity index (χ1v) is 7.89. The van der Waals surface area contributed by atoms with Gasteiger partial charge >= 0.3 is 0 Å². The lowest BCUT2D eigenvalue weighted by Crippen LogP contribution is -2.25. The van der Waals surface area contributed by atoms with Gasteiger partial charge in [-0.15, -0.1) is 0 Å². The molecule has 0 fully saturated rings. The van der Waals surface area contributed by atoms with Crippen molar-refractivity contribution in [1.82, 2.24) is 5.32 Å². The van der Waals surface area contributed by atoms with E-state index in [2.05, 4.69) is 10.6 Å². The Kier molecular flexibility index (Phi) is 6.21. The van der Waals surface area contributed by atoms with Gasteiger partial charge in [-0.2, -0.15) is 0 Å². The van der Waals surface area contributed by atoms with E-state index in [4.69, 9.17) is 4.74 Å². The largest absolute Gasteiger partial charge is 0.385 e. The maximum absolute atomic E-state index is 12.2. The van der Waals surface area contributed by atoms with E-state index < -0.39 is 0 Å². The second-order valence-corrected chi connectivity index (χ2v) is 5.78. The number of Topliss-reactive ketones (excluding diaryl/α,β-unsaturated/α-hetero) is 1. The average Bonchev–Trinajstić information content (AvgIpc) is 2.49. The Labute approximate surface area is 127 Å². The number of carbonyl (C=O) groups excluding carboxylic acids is 1. The molecule has 116 valence electrons. The Hall–Kier alpha value is -1.39. The van der Waals surface area contributed by atoms with Crippen LogP contribution < -0.4 is 10.6 Å². The molecule has 0 saturated carbocycles. The molecule has 0 unspecified atom stereocenters. The zero-order valence-corrected chi connectivity index (χ0v) is 13.1. The van der Waals surface area contributed by atoms with Gasteiger partial charge in [-0.25, -0.2) is 0 Å². The van der Waals surface area contributed by atoms with Crippen molar-refractivity contribution in [2.75, 3.05) is 31.6 Å². The van der Waals surface area contributed by atoms with Crippen molar-refractivity contribution in [3.8, 4) is 0 Å². The van der Waals surface area contributed by atoms with Crippen LogP contribution >= 0.6 is 0 Å². The minimum Gasteiger partial charge on any atom is -0.385 e. The summed E-state index contributed by atoms with van der Waals surface area (Å²) in [5, 5.41) is 6.56. The number of rotatable bonds is 8. The number of nitrogens with one attached hydrogen (secondary N) is 2. The van der Waals surface area contributed by atoms with Crippen LogP contribution in [0.15, 0.2) is 18.2 Å². The first-order valence-electron chi connectivity index (χ1n) is 7.89. The van der Waals surface area contributed by atoms with E-state index >= 15 is 0 Å². The van der Waals surface area contributed by atoms with E-state index in [1.807, 2.05) is 32.0 Å². The number of fused-ring (bicyclic) bond motifs is 1. The standard InChI is InChI=1S/C17H26N2O2/c1-13(2)21-10-4-8-18-12-17(20)15-6-7-16-14(11-15)5-3-9-19-16/h6-7,11,13,18-19H,3-5,8-10,12H2,1-2H3. The molecule has 0 spiro atoms. The van der Waals surface area contributed by atoms with Gasteiger partial charge in [0, 0.05) is 24.4 Å². The monoisotopic (exact) mass is 290 g/mol. The van der Waals surface area contributed by atoms with E-state index in [1.165, 1.54) is 11.3 Å². The van der Waals surface area contributed by atoms with Gasteiger partial charge < -0.3 is 15.4 Å². The summed E-state index contributed by atoms with van der Waals surface area (Å²) in [6.45, 7) is 7.03. The lowest BCUT2D eigenvalue weighted by molar-refractivity contribution is 0.0767. The van der Waals surface area contributed by atoms with E-state index in [1.54, 1.807) is 0 Å². The van der Waals surface area contributed by atoms with Gasteiger partial charge in [0.05, 0.1) is 12.6 Å². The van der Waals surface area contributed by atoms with Gasteiger partial charge in [0.1, 0.15) is 0 Å². The van der Waals surface area contributed by atoms with Gasteiger partial charge in [-0.1, -0.05) is 0 Å². The van der Waals surface area contributed by atoms with Crippen LogP contribution in [0.25, 0.3) is 0 Å². The highest BCUT2D eigenvalue weighted by Gasteiger charge is 2.12. The summed E-state index contributed by atoms with van der Waals surface area (Å²) in [6.07, 6.45) is 3.40. The Bertz CT molecular complexity index is 472. The van der Waals surface area contributed by atoms with Crippen LogP contribution in [-0.2, 0) is 11.2 Å². The molecule has 2 rings (SSSR count). The first kappa shape index (κ1) is 16.0. The molecule has 4 nitrogen and oxygen atoms in total. The van der Waals surface area contributed by atoms with Crippen molar-refractivity contribution in [2.24, 2.45) is 0 Å². The fourth-order valence-corrected chi connectivity index (χ4v) is 2.47. The summed E-state index contributed by atoms with van der Waals surface area (Å²) in [5.74, 6) is 0.160. The number of anilines is 1. The molecule has 0 radical (unpaired) electrons. The summed E-state index contributed by atoms with van der Waals surface area (Å²) in [4.78, 5) is 12.2. The van der Waals surface area contributed by atoms with Crippen molar-refractivity contribution >= 4 is 11.5 Å². The summed E-state index contributed by atoms with van der Waals surface area (Å²) < 4.78 is 5.46. The Morgan fingerprint density at radius 2 is 2.29 bits per heavy atom. The highest BCUT2D eigenvalue weighted by atomic mass is 16.5. The van der Waals surface area contributed by atoms with Crippen LogP contribution in [0.5, 0.6) is 0 Å². The second-order valence-electron chi connectivity index (χ2n) is 5.78. The summed E-state index contributed by atoms with van der Waals surface area (Å²) in [6, 6.07) is 5.98. The van der Waals surface area contributed by atoms with E-state index in [-0.39, 0.29) is 11.9 Å². The van der Waals surface area contributed by atoms with Gasteiger partial charge in [0.15, 0.2) is 5.78 Å². The average molecular weight is 290 g/mol. The fourth-order valence-electron chi connectivity index (χ4n) is 2.47. The first-order chi connectivity index (χ1) is 10.2. The highest BCUT2D eigenvalue weighted by Crippen LogP contribution is 2.22. The molecule has 1 aromatic rings. The molecule has 0 aromatic heterocycles. The number of hydrogen-bond acceptors (Lipinski definition) is 4. The van der Waals surface area contributed by atoms with E-state index in [0.717, 1.165) is 44.5 Å². The van der Waals surface area contributed by atoms with Gasteiger partial charge in [-0.3, -0.25) is 4.79 Å². The zero-order valence-electron chi connectivity index (χ0n) is 13.1. The molecule has 0 amide bonds. The molecule has 1 heterocycles. The highest BCUT2D eigenvalue weighted by molar-refractivity contribution is 5.98. The third-order valence-electron chi connectivity index (χ3n) is 3.60. The lowest BCUT2D eigenvalue weighted by atomic mass is 9.99. The summed E-state index contributed by atoms with van der Waals surface area (Å²) in [5.41, 5.74) is 3.25. The predicted molar refractivity (Wildman–Crippen MR) is 86.2 cm³/mol. The quantitative estimate of drug-likeness (QED) is 0.571. The van der Waals surface area contributed by atoms with Gasteiger partial charge in [0.25, 0.3) is 0 Å². The number of aryl methyl sites for hydroxylation is 1. The molecular formula is C17H26N2O2. The van der Waals surface area contributed by atoms with Crippen molar-refractivity contribution in [1.29, 1.82) is 0 Å². The Balaban J connectivity index is 1.73. The molecule has 0 saturated heterocycles. The van der Waals surface area contributed by atoms with Crippen LogP contribution in [0.2, 0.25) is 0 Å². The van der Waals surface area contributed by atoms with Crippen LogP contribution in [0.1, 0.15) is 42.6 Å². The number of hydrogen-bond donors (Lipinski definition) is 2. The number of carbonyl (C=O) groups is 1. The second kappa shape index (κ2) is 8.15. The van der Waals surface area contributed by atoms with Crippen LogP contribution in [-0.4, -0.2) is 38.1 Å². The SMILES string of the molecule is CC(C)OCCCNCC(=O)c1ccc2c(c1)CCCN2. The van der Waals surface area contributed by atoms with Crippen molar-refractivity contribution < 1.29 is 9.53 Å². The number of benzene rings is 1. The molecule has 4 heteroatoms. The van der Waals surface area contributed by atoms with Crippen LogP contribution in [0.4, 0.5) is 5.69 Å². The third-order valence-corrected chi connectivity index (χ3v) is 3.60. The number of ketones is 1. The molecule has 0 aliphatic carbocycles. The maximum atomic E-state index is 12.2. The number of ether oxygens (including phenoxy) is 1. The van der Waals surface area contributed by atoms with Gasteiger partial charge in [-0.05, 0) is 63.4 Å². The van der Waals surface area contributed by atoms with Crippen molar-refractivity contribution in [2.45, 2.75) is 39.2 Å². The molecule has 1 aliphatic rings. The smallest absolute Gasteiger partial charge is 0.176 e. The molecular weight excluding hydrogens is 264 g/mol.